The van der Waals surface area contributed by atoms with Crippen molar-refractivity contribution < 1.29 is 4.74 Å². The highest BCUT2D eigenvalue weighted by Crippen LogP contribution is 2.21. The predicted octanol–water partition coefficient (Wildman–Crippen LogP) is 2.58. The predicted molar refractivity (Wildman–Crippen MR) is 83.5 cm³/mol. The molecule has 0 aromatic heterocycles. The second-order valence-electron chi connectivity index (χ2n) is 6.44. The highest BCUT2D eigenvalue weighted by atomic mass is 16.5. The zero-order chi connectivity index (χ0) is 13.9. The van der Waals surface area contributed by atoms with Gasteiger partial charge in [-0.05, 0) is 23.6 Å². The molecular weight excluding hydrogens is 248 g/mol. The van der Waals surface area contributed by atoms with Gasteiger partial charge >= 0.3 is 0 Å². The molecule has 1 aromatic rings. The van der Waals surface area contributed by atoms with Crippen LogP contribution in [0.15, 0.2) is 24.3 Å². The van der Waals surface area contributed by atoms with Gasteiger partial charge in [-0.15, -0.1) is 0 Å². The Kier molecular flexibility index (Phi) is 4.27. The number of benzene rings is 1. The standard InChI is InChI=1S/C17H26N2O/c1-14(2)16-3-5-17(6-4-16)19-9-7-18(8-10-19)11-15-12-20-13-15/h3-6,14-15H,7-13H2,1-2H3. The third-order valence-electron chi connectivity index (χ3n) is 4.52. The van der Waals surface area contributed by atoms with Crippen LogP contribution in [-0.4, -0.2) is 50.8 Å². The maximum absolute atomic E-state index is 5.26. The Hall–Kier alpha value is -1.06. The SMILES string of the molecule is CC(C)c1ccc(N2CCN(CC3COC3)CC2)cc1. The Morgan fingerprint density at radius 2 is 1.70 bits per heavy atom. The summed E-state index contributed by atoms with van der Waals surface area (Å²) in [7, 11) is 0. The first kappa shape index (κ1) is 13.9. The molecule has 2 heterocycles. The molecular formula is C17H26N2O. The Morgan fingerprint density at radius 3 is 2.20 bits per heavy atom. The first-order valence-corrected chi connectivity index (χ1v) is 7.87. The van der Waals surface area contributed by atoms with Crippen LogP contribution >= 0.6 is 0 Å². The van der Waals surface area contributed by atoms with Gasteiger partial charge in [0.25, 0.3) is 0 Å². The number of hydrogen-bond donors (Lipinski definition) is 0. The molecule has 0 aliphatic carbocycles. The molecule has 20 heavy (non-hydrogen) atoms. The fraction of sp³-hybridized carbons (Fsp3) is 0.647. The van der Waals surface area contributed by atoms with Crippen molar-refractivity contribution in [1.82, 2.24) is 4.90 Å². The summed E-state index contributed by atoms with van der Waals surface area (Å²) in [5, 5.41) is 0. The van der Waals surface area contributed by atoms with Crippen molar-refractivity contribution in [2.24, 2.45) is 5.92 Å². The average Bonchev–Trinajstić information content (AvgIpc) is 2.44. The number of hydrogen-bond acceptors (Lipinski definition) is 3. The molecule has 3 heteroatoms. The fourth-order valence-corrected chi connectivity index (χ4v) is 3.01. The molecule has 0 atom stereocenters. The molecule has 2 aliphatic heterocycles. The van der Waals surface area contributed by atoms with Crippen molar-refractivity contribution >= 4 is 5.69 Å². The molecule has 3 nitrogen and oxygen atoms in total. The summed E-state index contributed by atoms with van der Waals surface area (Å²) in [6.45, 7) is 12.3. The molecule has 0 radical (unpaired) electrons. The minimum atomic E-state index is 0.616. The van der Waals surface area contributed by atoms with Gasteiger partial charge in [0.1, 0.15) is 0 Å². The number of ether oxygens (including phenoxy) is 1. The molecule has 0 N–H and O–H groups in total. The van der Waals surface area contributed by atoms with Crippen LogP contribution in [0.4, 0.5) is 5.69 Å². The lowest BCUT2D eigenvalue weighted by molar-refractivity contribution is -0.0468. The Balaban J connectivity index is 1.51. The van der Waals surface area contributed by atoms with Gasteiger partial charge in [0, 0.05) is 44.3 Å². The van der Waals surface area contributed by atoms with Crippen molar-refractivity contribution in [3.05, 3.63) is 29.8 Å². The topological polar surface area (TPSA) is 15.7 Å². The molecule has 0 amide bonds. The average molecular weight is 274 g/mol. The molecule has 2 saturated heterocycles. The van der Waals surface area contributed by atoms with Crippen LogP contribution in [0.25, 0.3) is 0 Å². The smallest absolute Gasteiger partial charge is 0.0528 e. The minimum Gasteiger partial charge on any atom is -0.381 e. The Labute approximate surface area is 122 Å². The summed E-state index contributed by atoms with van der Waals surface area (Å²) >= 11 is 0. The zero-order valence-electron chi connectivity index (χ0n) is 12.7. The van der Waals surface area contributed by atoms with E-state index in [-0.39, 0.29) is 0 Å². The largest absolute Gasteiger partial charge is 0.381 e. The molecule has 0 bridgehead atoms. The molecule has 3 rings (SSSR count). The lowest BCUT2D eigenvalue weighted by Gasteiger charge is -2.39. The van der Waals surface area contributed by atoms with E-state index in [9.17, 15) is 0 Å². The lowest BCUT2D eigenvalue weighted by Crippen LogP contribution is -2.50. The molecule has 0 saturated carbocycles. The van der Waals surface area contributed by atoms with Gasteiger partial charge in [-0.2, -0.15) is 0 Å². The van der Waals surface area contributed by atoms with Crippen molar-refractivity contribution in [3.63, 3.8) is 0 Å². The van der Waals surface area contributed by atoms with E-state index in [1.165, 1.54) is 30.9 Å². The van der Waals surface area contributed by atoms with Gasteiger partial charge in [0.15, 0.2) is 0 Å². The third-order valence-corrected chi connectivity index (χ3v) is 4.52. The molecule has 2 aliphatic rings. The van der Waals surface area contributed by atoms with Crippen LogP contribution < -0.4 is 4.90 Å². The van der Waals surface area contributed by atoms with Crippen molar-refractivity contribution in [2.75, 3.05) is 50.8 Å². The maximum atomic E-state index is 5.26. The number of nitrogens with zero attached hydrogens (tertiary/aromatic N) is 2. The highest BCUT2D eigenvalue weighted by Gasteiger charge is 2.24. The van der Waals surface area contributed by atoms with Gasteiger partial charge in [-0.25, -0.2) is 0 Å². The molecule has 0 spiro atoms. The van der Waals surface area contributed by atoms with E-state index in [1.54, 1.807) is 0 Å². The highest BCUT2D eigenvalue weighted by molar-refractivity contribution is 5.48. The van der Waals surface area contributed by atoms with Gasteiger partial charge in [0.2, 0.25) is 0 Å². The first-order chi connectivity index (χ1) is 9.72. The van der Waals surface area contributed by atoms with Crippen LogP contribution in [0.3, 0.4) is 0 Å². The third kappa shape index (κ3) is 3.15. The summed E-state index contributed by atoms with van der Waals surface area (Å²) in [6, 6.07) is 9.12. The van der Waals surface area contributed by atoms with Crippen LogP contribution in [0, 0.1) is 5.92 Å². The number of piperazine rings is 1. The van der Waals surface area contributed by atoms with E-state index in [0.29, 0.717) is 5.92 Å². The second-order valence-corrected chi connectivity index (χ2v) is 6.44. The van der Waals surface area contributed by atoms with E-state index >= 15 is 0 Å². The van der Waals surface area contributed by atoms with E-state index in [4.69, 9.17) is 4.74 Å². The lowest BCUT2D eigenvalue weighted by atomic mass is 10.0. The van der Waals surface area contributed by atoms with Gasteiger partial charge in [-0.3, -0.25) is 4.90 Å². The van der Waals surface area contributed by atoms with Crippen LogP contribution in [-0.2, 0) is 4.74 Å². The zero-order valence-corrected chi connectivity index (χ0v) is 12.7. The molecule has 2 fully saturated rings. The van der Waals surface area contributed by atoms with E-state index in [1.807, 2.05) is 0 Å². The number of anilines is 1. The summed E-state index contributed by atoms with van der Waals surface area (Å²) in [5.41, 5.74) is 2.80. The van der Waals surface area contributed by atoms with E-state index < -0.39 is 0 Å². The Morgan fingerprint density at radius 1 is 1.05 bits per heavy atom. The summed E-state index contributed by atoms with van der Waals surface area (Å²) in [6.07, 6.45) is 0. The second kappa shape index (κ2) is 6.15. The first-order valence-electron chi connectivity index (χ1n) is 7.87. The van der Waals surface area contributed by atoms with Crippen LogP contribution in [0.1, 0.15) is 25.3 Å². The molecule has 110 valence electrons. The van der Waals surface area contributed by atoms with E-state index in [0.717, 1.165) is 32.2 Å². The monoisotopic (exact) mass is 274 g/mol. The van der Waals surface area contributed by atoms with Crippen LogP contribution in [0.2, 0.25) is 0 Å². The van der Waals surface area contributed by atoms with Crippen LogP contribution in [0.5, 0.6) is 0 Å². The minimum absolute atomic E-state index is 0.616. The van der Waals surface area contributed by atoms with Crippen molar-refractivity contribution in [3.8, 4) is 0 Å². The van der Waals surface area contributed by atoms with Gasteiger partial charge < -0.3 is 9.64 Å². The summed E-state index contributed by atoms with van der Waals surface area (Å²) in [5.74, 6) is 1.40. The van der Waals surface area contributed by atoms with Crippen molar-refractivity contribution in [2.45, 2.75) is 19.8 Å². The fourth-order valence-electron chi connectivity index (χ4n) is 3.01. The quantitative estimate of drug-likeness (QED) is 0.839. The van der Waals surface area contributed by atoms with Gasteiger partial charge in [0.05, 0.1) is 13.2 Å². The Bertz CT molecular complexity index is 417. The van der Waals surface area contributed by atoms with Gasteiger partial charge in [-0.1, -0.05) is 26.0 Å². The normalized spacial score (nSPS) is 21.2. The molecule has 1 aromatic carbocycles. The molecule has 0 unspecified atom stereocenters. The van der Waals surface area contributed by atoms with Crippen molar-refractivity contribution in [1.29, 1.82) is 0 Å². The maximum Gasteiger partial charge on any atom is 0.0528 e. The van der Waals surface area contributed by atoms with E-state index in [2.05, 4.69) is 47.9 Å². The summed E-state index contributed by atoms with van der Waals surface area (Å²) < 4.78 is 5.26. The number of rotatable bonds is 4. The summed E-state index contributed by atoms with van der Waals surface area (Å²) in [4.78, 5) is 5.10.